The van der Waals surface area contributed by atoms with Crippen LogP contribution in [-0.4, -0.2) is 9.78 Å². The Kier molecular flexibility index (Phi) is 2.46. The number of aromatic nitrogens is 2. The molecule has 0 atom stereocenters. The van der Waals surface area contributed by atoms with Crippen LogP contribution in [0.15, 0.2) is 30.3 Å². The van der Waals surface area contributed by atoms with Gasteiger partial charge in [0.2, 0.25) is 0 Å². The van der Waals surface area contributed by atoms with Crippen LogP contribution in [0.1, 0.15) is 18.2 Å². The zero-order chi connectivity index (χ0) is 10.8. The Hall–Kier alpha value is -1.77. The fourth-order valence-corrected chi connectivity index (χ4v) is 1.61. The molecule has 0 fully saturated rings. The zero-order valence-corrected chi connectivity index (χ0v) is 9.07. The van der Waals surface area contributed by atoms with E-state index in [1.165, 1.54) is 5.56 Å². The van der Waals surface area contributed by atoms with Crippen LogP contribution in [0.5, 0.6) is 0 Å². The lowest BCUT2D eigenvalue weighted by Gasteiger charge is -2.06. The Morgan fingerprint density at radius 3 is 2.67 bits per heavy atom. The average Bonchev–Trinajstić information content (AvgIpc) is 2.60. The summed E-state index contributed by atoms with van der Waals surface area (Å²) in [5.74, 6) is 0.696. The Morgan fingerprint density at radius 1 is 1.33 bits per heavy atom. The maximum atomic E-state index is 5.92. The highest BCUT2D eigenvalue weighted by atomic mass is 15.3. The number of nitrogens with two attached hydrogens (primary N) is 1. The zero-order valence-electron chi connectivity index (χ0n) is 9.07. The fourth-order valence-electron chi connectivity index (χ4n) is 1.61. The SMILES string of the molecule is CCc1cc(N)n(-c2ccccc2C)n1. The topological polar surface area (TPSA) is 43.8 Å². The number of nitrogens with zero attached hydrogens (tertiary/aromatic N) is 2. The molecule has 0 unspecified atom stereocenters. The molecule has 0 aliphatic carbocycles. The van der Waals surface area contributed by atoms with Gasteiger partial charge >= 0.3 is 0 Å². The number of para-hydroxylation sites is 1. The van der Waals surface area contributed by atoms with Gasteiger partial charge in [-0.2, -0.15) is 5.10 Å². The molecule has 1 aromatic carbocycles. The van der Waals surface area contributed by atoms with E-state index in [1.807, 2.05) is 24.3 Å². The van der Waals surface area contributed by atoms with Gasteiger partial charge in [0.05, 0.1) is 11.4 Å². The molecule has 1 aromatic heterocycles. The third-order valence-corrected chi connectivity index (χ3v) is 2.49. The monoisotopic (exact) mass is 201 g/mol. The molecule has 2 rings (SSSR count). The smallest absolute Gasteiger partial charge is 0.127 e. The van der Waals surface area contributed by atoms with Gasteiger partial charge in [0.15, 0.2) is 0 Å². The van der Waals surface area contributed by atoms with Crippen molar-refractivity contribution in [3.8, 4) is 5.69 Å². The molecule has 2 aromatic rings. The Balaban J connectivity index is 2.54. The number of rotatable bonds is 2. The summed E-state index contributed by atoms with van der Waals surface area (Å²) in [5, 5.41) is 4.45. The second-order valence-corrected chi connectivity index (χ2v) is 3.61. The number of benzene rings is 1. The summed E-state index contributed by atoms with van der Waals surface area (Å²) in [6.07, 6.45) is 0.906. The minimum atomic E-state index is 0.696. The van der Waals surface area contributed by atoms with Crippen LogP contribution in [0.2, 0.25) is 0 Å². The van der Waals surface area contributed by atoms with Crippen LogP contribution in [0, 0.1) is 6.92 Å². The highest BCUT2D eigenvalue weighted by Gasteiger charge is 2.06. The van der Waals surface area contributed by atoms with Crippen LogP contribution in [0.3, 0.4) is 0 Å². The van der Waals surface area contributed by atoms with E-state index in [2.05, 4.69) is 25.0 Å². The molecule has 78 valence electrons. The van der Waals surface area contributed by atoms with Gasteiger partial charge in [0.1, 0.15) is 5.82 Å². The highest BCUT2D eigenvalue weighted by molar-refractivity contribution is 5.47. The third-order valence-electron chi connectivity index (χ3n) is 2.49. The molecule has 2 N–H and O–H groups in total. The molecular formula is C12H15N3. The number of hydrogen-bond acceptors (Lipinski definition) is 2. The molecule has 0 spiro atoms. The number of aryl methyl sites for hydroxylation is 2. The van der Waals surface area contributed by atoms with Crippen molar-refractivity contribution in [1.82, 2.24) is 9.78 Å². The van der Waals surface area contributed by atoms with E-state index in [4.69, 9.17) is 5.73 Å². The van der Waals surface area contributed by atoms with Crippen LogP contribution >= 0.6 is 0 Å². The van der Waals surface area contributed by atoms with Gasteiger partial charge in [-0.1, -0.05) is 25.1 Å². The van der Waals surface area contributed by atoms with Crippen LogP contribution < -0.4 is 5.73 Å². The van der Waals surface area contributed by atoms with Crippen molar-refractivity contribution in [2.45, 2.75) is 20.3 Å². The molecule has 0 bridgehead atoms. The molecule has 3 nitrogen and oxygen atoms in total. The van der Waals surface area contributed by atoms with Crippen molar-refractivity contribution < 1.29 is 0 Å². The first-order valence-electron chi connectivity index (χ1n) is 5.12. The second-order valence-electron chi connectivity index (χ2n) is 3.61. The Bertz CT molecular complexity index is 471. The van der Waals surface area contributed by atoms with E-state index >= 15 is 0 Å². The van der Waals surface area contributed by atoms with Gasteiger partial charge in [0, 0.05) is 6.07 Å². The van der Waals surface area contributed by atoms with E-state index in [9.17, 15) is 0 Å². The molecule has 0 saturated heterocycles. The predicted octanol–water partition coefficient (Wildman–Crippen LogP) is 2.33. The Morgan fingerprint density at radius 2 is 2.07 bits per heavy atom. The summed E-state index contributed by atoms with van der Waals surface area (Å²) in [6, 6.07) is 10.0. The van der Waals surface area contributed by atoms with Gasteiger partial charge < -0.3 is 5.73 Å². The lowest BCUT2D eigenvalue weighted by atomic mass is 10.2. The first-order chi connectivity index (χ1) is 7.22. The second kappa shape index (κ2) is 3.77. The van der Waals surface area contributed by atoms with Crippen LogP contribution in [0.4, 0.5) is 5.82 Å². The summed E-state index contributed by atoms with van der Waals surface area (Å²) in [6.45, 7) is 4.13. The molecule has 0 amide bonds. The molecule has 0 aliphatic rings. The summed E-state index contributed by atoms with van der Waals surface area (Å²) in [7, 11) is 0. The molecular weight excluding hydrogens is 186 g/mol. The third kappa shape index (κ3) is 1.73. The largest absolute Gasteiger partial charge is 0.384 e. The van der Waals surface area contributed by atoms with Gasteiger partial charge in [-0.25, -0.2) is 4.68 Å². The maximum absolute atomic E-state index is 5.92. The first-order valence-corrected chi connectivity index (χ1v) is 5.12. The van der Waals surface area contributed by atoms with Gasteiger partial charge in [-0.05, 0) is 25.0 Å². The van der Waals surface area contributed by atoms with Crippen molar-refractivity contribution in [2.75, 3.05) is 5.73 Å². The summed E-state index contributed by atoms with van der Waals surface area (Å²) >= 11 is 0. The van der Waals surface area contributed by atoms with Crippen molar-refractivity contribution in [3.63, 3.8) is 0 Å². The number of hydrogen-bond donors (Lipinski definition) is 1. The van der Waals surface area contributed by atoms with E-state index < -0.39 is 0 Å². The van der Waals surface area contributed by atoms with Crippen LogP contribution in [0.25, 0.3) is 5.69 Å². The average molecular weight is 201 g/mol. The van der Waals surface area contributed by atoms with Crippen LogP contribution in [-0.2, 0) is 6.42 Å². The van der Waals surface area contributed by atoms with Crippen molar-refractivity contribution in [2.24, 2.45) is 0 Å². The van der Waals surface area contributed by atoms with Crippen molar-refractivity contribution in [1.29, 1.82) is 0 Å². The van der Waals surface area contributed by atoms with E-state index in [-0.39, 0.29) is 0 Å². The van der Waals surface area contributed by atoms with E-state index in [0.717, 1.165) is 17.8 Å². The maximum Gasteiger partial charge on any atom is 0.127 e. The molecule has 15 heavy (non-hydrogen) atoms. The normalized spacial score (nSPS) is 10.5. The quantitative estimate of drug-likeness (QED) is 0.810. The van der Waals surface area contributed by atoms with Crippen molar-refractivity contribution in [3.05, 3.63) is 41.6 Å². The predicted molar refractivity (Wildman–Crippen MR) is 62.1 cm³/mol. The molecule has 0 aliphatic heterocycles. The molecule has 0 saturated carbocycles. The molecule has 3 heteroatoms. The summed E-state index contributed by atoms with van der Waals surface area (Å²) in [4.78, 5) is 0. The lowest BCUT2D eigenvalue weighted by Crippen LogP contribution is -2.03. The number of anilines is 1. The summed E-state index contributed by atoms with van der Waals surface area (Å²) in [5.41, 5.74) is 9.17. The Labute approximate surface area is 89.5 Å². The van der Waals surface area contributed by atoms with E-state index in [1.54, 1.807) is 4.68 Å². The molecule has 1 heterocycles. The van der Waals surface area contributed by atoms with Gasteiger partial charge in [-0.15, -0.1) is 0 Å². The standard InChI is InChI=1S/C12H15N3/c1-3-10-8-12(13)15(14-10)11-7-5-4-6-9(11)2/h4-8H,3,13H2,1-2H3. The first kappa shape index (κ1) is 9.77. The lowest BCUT2D eigenvalue weighted by molar-refractivity contribution is 0.843. The van der Waals surface area contributed by atoms with E-state index in [0.29, 0.717) is 5.82 Å². The minimum absolute atomic E-state index is 0.696. The fraction of sp³-hybridized carbons (Fsp3) is 0.250. The van der Waals surface area contributed by atoms with Gasteiger partial charge in [-0.3, -0.25) is 0 Å². The minimum Gasteiger partial charge on any atom is -0.384 e. The van der Waals surface area contributed by atoms with Gasteiger partial charge in [0.25, 0.3) is 0 Å². The highest BCUT2D eigenvalue weighted by Crippen LogP contribution is 2.17. The number of nitrogen functional groups attached to an aromatic ring is 1. The van der Waals surface area contributed by atoms with Crippen molar-refractivity contribution >= 4 is 5.82 Å². The molecule has 0 radical (unpaired) electrons. The summed E-state index contributed by atoms with van der Waals surface area (Å²) < 4.78 is 1.80.